The summed E-state index contributed by atoms with van der Waals surface area (Å²) in [6, 6.07) is 8.14. The van der Waals surface area contributed by atoms with Crippen LogP contribution in [0.3, 0.4) is 0 Å². The highest BCUT2D eigenvalue weighted by atomic mass is 32.2. The van der Waals surface area contributed by atoms with Gasteiger partial charge in [-0.25, -0.2) is 13.6 Å². The number of aliphatic imine (C=N–C) groups is 1. The zero-order valence-corrected chi connectivity index (χ0v) is 13.7. The summed E-state index contributed by atoms with van der Waals surface area (Å²) in [7, 11) is -1.56. The molecule has 0 aliphatic heterocycles. The van der Waals surface area contributed by atoms with Crippen LogP contribution in [0.4, 0.5) is 0 Å². The van der Waals surface area contributed by atoms with Gasteiger partial charge in [-0.1, -0.05) is 24.3 Å². The molecule has 0 heterocycles. The van der Waals surface area contributed by atoms with Crippen molar-refractivity contribution in [2.45, 2.75) is 20.4 Å². The number of sulfonamides is 1. The minimum atomic E-state index is -3.48. The first-order valence-electron chi connectivity index (χ1n) is 6.88. The number of aryl methyl sites for hydroxylation is 1. The van der Waals surface area contributed by atoms with Gasteiger partial charge in [0.2, 0.25) is 10.0 Å². The van der Waals surface area contributed by atoms with Gasteiger partial charge in [-0.05, 0) is 25.0 Å². The van der Waals surface area contributed by atoms with E-state index < -0.39 is 10.0 Å². The number of nitrogens with two attached hydrogens (primary N) is 1. The quantitative estimate of drug-likeness (QED) is 0.597. The molecule has 0 aromatic heterocycles. The number of benzene rings is 1. The summed E-state index contributed by atoms with van der Waals surface area (Å²) in [6.45, 7) is 5.60. The molecule has 7 heteroatoms. The highest BCUT2D eigenvalue weighted by molar-refractivity contribution is 7.89. The van der Waals surface area contributed by atoms with Gasteiger partial charge >= 0.3 is 0 Å². The Balaban J connectivity index is 2.75. The van der Waals surface area contributed by atoms with E-state index >= 15 is 0 Å². The van der Waals surface area contributed by atoms with Crippen LogP contribution in [0.5, 0.6) is 0 Å². The first kappa shape index (κ1) is 17.5. The third kappa shape index (κ3) is 6.59. The molecule has 0 amide bonds. The Morgan fingerprint density at radius 3 is 2.62 bits per heavy atom. The number of rotatable bonds is 6. The van der Waals surface area contributed by atoms with Crippen molar-refractivity contribution in [1.29, 1.82) is 0 Å². The molecule has 1 aromatic rings. The van der Waals surface area contributed by atoms with Crippen LogP contribution in [0.15, 0.2) is 29.3 Å². The molecule has 0 bridgehead atoms. The predicted molar refractivity (Wildman–Crippen MR) is 86.6 cm³/mol. The molecule has 118 valence electrons. The molecule has 3 N–H and O–H groups in total. The van der Waals surface area contributed by atoms with Crippen LogP contribution in [0.2, 0.25) is 0 Å². The van der Waals surface area contributed by atoms with Crippen LogP contribution >= 0.6 is 0 Å². The lowest BCUT2D eigenvalue weighted by atomic mass is 10.1. The maximum atomic E-state index is 11.0. The lowest BCUT2D eigenvalue weighted by molar-refractivity contribution is 0.476. The second-order valence-electron chi connectivity index (χ2n) is 4.89. The van der Waals surface area contributed by atoms with E-state index in [1.54, 1.807) is 0 Å². The molecule has 1 aromatic carbocycles. The van der Waals surface area contributed by atoms with Crippen LogP contribution in [0, 0.1) is 6.92 Å². The molecule has 0 unspecified atom stereocenters. The van der Waals surface area contributed by atoms with Crippen molar-refractivity contribution < 1.29 is 8.42 Å². The fraction of sp³-hybridized carbons (Fsp3) is 0.500. The Bertz CT molecular complexity index is 584. The fourth-order valence-corrected chi connectivity index (χ4v) is 2.21. The Hall–Kier alpha value is -1.60. The van der Waals surface area contributed by atoms with Gasteiger partial charge in [0, 0.05) is 20.1 Å². The van der Waals surface area contributed by atoms with E-state index in [2.05, 4.69) is 29.4 Å². The van der Waals surface area contributed by atoms with Gasteiger partial charge in [0.05, 0.1) is 12.3 Å². The van der Waals surface area contributed by atoms with E-state index in [-0.39, 0.29) is 12.3 Å². The Morgan fingerprint density at radius 2 is 2.05 bits per heavy atom. The van der Waals surface area contributed by atoms with Gasteiger partial charge in [0.25, 0.3) is 0 Å². The summed E-state index contributed by atoms with van der Waals surface area (Å²) in [5.74, 6) is 0.518. The van der Waals surface area contributed by atoms with Gasteiger partial charge in [-0.15, -0.1) is 0 Å². The minimum absolute atomic E-state index is 0.152. The van der Waals surface area contributed by atoms with Gasteiger partial charge in [0.15, 0.2) is 5.96 Å². The summed E-state index contributed by atoms with van der Waals surface area (Å²) in [5, 5.41) is 8.13. The normalized spacial score (nSPS) is 12.3. The van der Waals surface area contributed by atoms with E-state index in [9.17, 15) is 8.42 Å². The molecule has 0 aliphatic rings. The third-order valence-corrected chi connectivity index (χ3v) is 3.75. The lowest BCUT2D eigenvalue weighted by Crippen LogP contribution is -2.39. The number of nitrogens with zero attached hydrogens (tertiary/aromatic N) is 2. The van der Waals surface area contributed by atoms with E-state index in [1.165, 1.54) is 11.1 Å². The molecule has 0 aliphatic carbocycles. The highest BCUT2D eigenvalue weighted by Crippen LogP contribution is 2.09. The topological polar surface area (TPSA) is 87.8 Å². The Labute approximate surface area is 127 Å². The summed E-state index contributed by atoms with van der Waals surface area (Å²) < 4.78 is 21.9. The maximum absolute atomic E-state index is 11.0. The zero-order chi connectivity index (χ0) is 15.9. The average Bonchev–Trinajstić information content (AvgIpc) is 2.39. The van der Waals surface area contributed by atoms with Crippen molar-refractivity contribution in [3.8, 4) is 0 Å². The van der Waals surface area contributed by atoms with Crippen molar-refractivity contribution in [3.63, 3.8) is 0 Å². The van der Waals surface area contributed by atoms with E-state index in [1.807, 2.05) is 31.0 Å². The second-order valence-corrected chi connectivity index (χ2v) is 6.62. The van der Waals surface area contributed by atoms with Crippen molar-refractivity contribution in [2.75, 3.05) is 25.9 Å². The third-order valence-electron chi connectivity index (χ3n) is 3.00. The van der Waals surface area contributed by atoms with Crippen LogP contribution in [-0.2, 0) is 16.6 Å². The number of primary sulfonamides is 1. The molecule has 6 nitrogen and oxygen atoms in total. The summed E-state index contributed by atoms with van der Waals surface area (Å²) >= 11 is 0. The van der Waals surface area contributed by atoms with E-state index in [0.717, 1.165) is 0 Å². The Morgan fingerprint density at radius 1 is 1.38 bits per heavy atom. The van der Waals surface area contributed by atoms with E-state index in [0.29, 0.717) is 19.0 Å². The first-order chi connectivity index (χ1) is 9.83. The lowest BCUT2D eigenvalue weighted by Gasteiger charge is -2.23. The molecular weight excluding hydrogens is 288 g/mol. The van der Waals surface area contributed by atoms with Crippen LogP contribution in [0.1, 0.15) is 18.1 Å². The smallest absolute Gasteiger partial charge is 0.210 e. The van der Waals surface area contributed by atoms with Gasteiger partial charge in [-0.3, -0.25) is 4.99 Å². The highest BCUT2D eigenvalue weighted by Gasteiger charge is 2.08. The van der Waals surface area contributed by atoms with Crippen LogP contribution in [-0.4, -0.2) is 45.2 Å². The van der Waals surface area contributed by atoms with Gasteiger partial charge in [0.1, 0.15) is 0 Å². The van der Waals surface area contributed by atoms with E-state index in [4.69, 9.17) is 5.14 Å². The maximum Gasteiger partial charge on any atom is 0.210 e. The van der Waals surface area contributed by atoms with Gasteiger partial charge in [-0.2, -0.15) is 0 Å². The molecule has 0 radical (unpaired) electrons. The standard InChI is InChI=1S/C14H24N4O2S/c1-4-16-14(17-9-10-21(15,19)20)18(3)11-13-8-6-5-7-12(13)2/h5-8H,4,9-11H2,1-3H3,(H,16,17)(H2,15,19,20). The van der Waals surface area contributed by atoms with Crippen LogP contribution in [0.25, 0.3) is 0 Å². The number of nitrogens with one attached hydrogen (secondary N) is 1. The molecule has 1 rings (SSSR count). The summed E-state index contributed by atoms with van der Waals surface area (Å²) in [5.41, 5.74) is 2.42. The van der Waals surface area contributed by atoms with Crippen molar-refractivity contribution >= 4 is 16.0 Å². The summed E-state index contributed by atoms with van der Waals surface area (Å²) in [4.78, 5) is 6.26. The van der Waals surface area contributed by atoms with Crippen LogP contribution < -0.4 is 10.5 Å². The monoisotopic (exact) mass is 312 g/mol. The molecule has 0 saturated heterocycles. The minimum Gasteiger partial charge on any atom is -0.357 e. The number of hydrogen-bond acceptors (Lipinski definition) is 3. The molecular formula is C14H24N4O2S. The second kappa shape index (κ2) is 7.99. The largest absolute Gasteiger partial charge is 0.357 e. The first-order valence-corrected chi connectivity index (χ1v) is 8.59. The molecule has 0 saturated carbocycles. The van der Waals surface area contributed by atoms with Crippen molar-refractivity contribution in [3.05, 3.63) is 35.4 Å². The predicted octanol–water partition coefficient (Wildman–Crippen LogP) is 0.681. The number of guanidine groups is 1. The zero-order valence-electron chi connectivity index (χ0n) is 12.8. The molecule has 0 atom stereocenters. The van der Waals surface area contributed by atoms with Gasteiger partial charge < -0.3 is 10.2 Å². The fourth-order valence-electron chi connectivity index (χ4n) is 1.87. The average molecular weight is 312 g/mol. The number of hydrogen-bond donors (Lipinski definition) is 2. The summed E-state index contributed by atoms with van der Waals surface area (Å²) in [6.07, 6.45) is 0. The van der Waals surface area contributed by atoms with Crippen molar-refractivity contribution in [2.24, 2.45) is 10.1 Å². The van der Waals surface area contributed by atoms with Crippen molar-refractivity contribution in [1.82, 2.24) is 10.2 Å². The molecule has 0 fully saturated rings. The molecule has 21 heavy (non-hydrogen) atoms. The SMILES string of the molecule is CCNC(=NCCS(N)(=O)=O)N(C)Cc1ccccc1C. The Kier molecular flexibility index (Phi) is 6.64. The molecule has 0 spiro atoms.